The molecule has 2 aromatic carbocycles. The summed E-state index contributed by atoms with van der Waals surface area (Å²) >= 11 is 12.4. The molecule has 114 valence electrons. The van der Waals surface area contributed by atoms with Gasteiger partial charge >= 0.3 is 0 Å². The van der Waals surface area contributed by atoms with E-state index in [0.29, 0.717) is 22.4 Å². The van der Waals surface area contributed by atoms with E-state index in [1.54, 1.807) is 6.07 Å². The van der Waals surface area contributed by atoms with Gasteiger partial charge in [-0.1, -0.05) is 59.6 Å². The van der Waals surface area contributed by atoms with Crippen LogP contribution in [0.4, 0.5) is 5.95 Å². The van der Waals surface area contributed by atoms with Crippen molar-refractivity contribution in [1.29, 1.82) is 0 Å². The van der Waals surface area contributed by atoms with Crippen molar-refractivity contribution in [3.05, 3.63) is 76.0 Å². The van der Waals surface area contributed by atoms with E-state index in [4.69, 9.17) is 23.2 Å². The van der Waals surface area contributed by atoms with Crippen molar-refractivity contribution in [2.45, 2.75) is 12.5 Å². The Kier molecular flexibility index (Phi) is 3.63. The number of halogens is 2. The van der Waals surface area contributed by atoms with Crippen molar-refractivity contribution in [3.63, 3.8) is 0 Å². The van der Waals surface area contributed by atoms with Gasteiger partial charge in [-0.2, -0.15) is 10.1 Å². The van der Waals surface area contributed by atoms with Crippen LogP contribution in [0, 0.1) is 0 Å². The standard InChI is InChI=1S/C17H12Cl2N4/c18-12-6-7-13(14(19)8-12)16-9-15(11-4-2-1-3-5-11)22-17-20-10-21-23(16)17/h1-8,10,16H,9H2. The van der Waals surface area contributed by atoms with Crippen LogP contribution in [0.5, 0.6) is 0 Å². The molecule has 0 bridgehead atoms. The van der Waals surface area contributed by atoms with Crippen LogP contribution < -0.4 is 0 Å². The van der Waals surface area contributed by atoms with E-state index in [0.717, 1.165) is 16.8 Å². The molecule has 1 aliphatic heterocycles. The van der Waals surface area contributed by atoms with Crippen LogP contribution in [-0.4, -0.2) is 20.5 Å². The van der Waals surface area contributed by atoms with E-state index in [9.17, 15) is 0 Å². The Bertz CT molecular complexity index is 887. The fraction of sp³-hybridized carbons (Fsp3) is 0.118. The molecule has 1 aromatic heterocycles. The molecule has 0 saturated carbocycles. The predicted molar refractivity (Wildman–Crippen MR) is 91.9 cm³/mol. The SMILES string of the molecule is Clc1ccc(C2CC(c3ccccc3)=Nc3ncnn32)c(Cl)c1. The molecule has 0 radical (unpaired) electrons. The van der Waals surface area contributed by atoms with E-state index < -0.39 is 0 Å². The maximum Gasteiger partial charge on any atom is 0.248 e. The molecule has 4 nitrogen and oxygen atoms in total. The molecular formula is C17H12Cl2N4. The summed E-state index contributed by atoms with van der Waals surface area (Å²) in [6.45, 7) is 0. The average molecular weight is 343 g/mol. The monoisotopic (exact) mass is 342 g/mol. The second kappa shape index (κ2) is 5.80. The third-order valence-electron chi connectivity index (χ3n) is 3.90. The Hall–Kier alpha value is -2.17. The van der Waals surface area contributed by atoms with E-state index in [-0.39, 0.29) is 6.04 Å². The summed E-state index contributed by atoms with van der Waals surface area (Å²) in [5, 5.41) is 5.55. The molecule has 1 unspecified atom stereocenters. The molecule has 3 aromatic rings. The highest BCUT2D eigenvalue weighted by molar-refractivity contribution is 6.35. The van der Waals surface area contributed by atoms with Crippen LogP contribution in [0.2, 0.25) is 10.0 Å². The van der Waals surface area contributed by atoms with Gasteiger partial charge in [0.2, 0.25) is 5.95 Å². The van der Waals surface area contributed by atoms with Crippen molar-refractivity contribution < 1.29 is 0 Å². The maximum atomic E-state index is 6.40. The third kappa shape index (κ3) is 2.64. The maximum absolute atomic E-state index is 6.40. The molecule has 1 aliphatic rings. The molecule has 0 amide bonds. The van der Waals surface area contributed by atoms with Crippen LogP contribution in [0.15, 0.2) is 59.9 Å². The lowest BCUT2D eigenvalue weighted by Gasteiger charge is -2.24. The molecule has 0 spiro atoms. The number of nitrogens with zero attached hydrogens (tertiary/aromatic N) is 4. The van der Waals surface area contributed by atoms with Gasteiger partial charge < -0.3 is 0 Å². The minimum Gasteiger partial charge on any atom is -0.222 e. The quantitative estimate of drug-likeness (QED) is 0.677. The smallest absolute Gasteiger partial charge is 0.222 e. The molecule has 0 fully saturated rings. The Labute approximate surface area is 143 Å². The topological polar surface area (TPSA) is 43.1 Å². The Balaban J connectivity index is 1.82. The fourth-order valence-electron chi connectivity index (χ4n) is 2.81. The fourth-order valence-corrected chi connectivity index (χ4v) is 3.34. The zero-order chi connectivity index (χ0) is 15.8. The highest BCUT2D eigenvalue weighted by atomic mass is 35.5. The summed E-state index contributed by atoms with van der Waals surface area (Å²) < 4.78 is 1.81. The summed E-state index contributed by atoms with van der Waals surface area (Å²) in [5.74, 6) is 0.589. The zero-order valence-corrected chi connectivity index (χ0v) is 13.5. The number of hydrogen-bond acceptors (Lipinski definition) is 3. The highest BCUT2D eigenvalue weighted by Gasteiger charge is 2.27. The highest BCUT2D eigenvalue weighted by Crippen LogP contribution is 2.36. The molecule has 4 rings (SSSR count). The van der Waals surface area contributed by atoms with Gasteiger partial charge in [-0.3, -0.25) is 0 Å². The zero-order valence-electron chi connectivity index (χ0n) is 12.0. The Morgan fingerprint density at radius 1 is 1.04 bits per heavy atom. The molecule has 6 heteroatoms. The number of fused-ring (bicyclic) bond motifs is 1. The molecule has 1 atom stereocenters. The summed E-state index contributed by atoms with van der Waals surface area (Å²) in [5.41, 5.74) is 3.02. The van der Waals surface area contributed by atoms with E-state index in [1.807, 2.05) is 47.1 Å². The Morgan fingerprint density at radius 2 is 1.87 bits per heavy atom. The van der Waals surface area contributed by atoms with Crippen LogP contribution in [0.1, 0.15) is 23.6 Å². The molecule has 2 heterocycles. The van der Waals surface area contributed by atoms with E-state index in [1.165, 1.54) is 6.33 Å². The molecule has 0 saturated heterocycles. The van der Waals surface area contributed by atoms with Gasteiger partial charge in [0, 0.05) is 16.5 Å². The summed E-state index contributed by atoms with van der Waals surface area (Å²) in [6.07, 6.45) is 2.21. The van der Waals surface area contributed by atoms with Crippen molar-refractivity contribution in [2.75, 3.05) is 0 Å². The molecule has 0 aliphatic carbocycles. The first-order valence-corrected chi connectivity index (χ1v) is 7.95. The number of aromatic nitrogens is 3. The lowest BCUT2D eigenvalue weighted by molar-refractivity contribution is 0.531. The second-order valence-electron chi connectivity index (χ2n) is 5.31. The van der Waals surface area contributed by atoms with Crippen LogP contribution in [0.25, 0.3) is 0 Å². The molecule has 0 N–H and O–H groups in total. The van der Waals surface area contributed by atoms with Crippen LogP contribution in [-0.2, 0) is 0 Å². The normalized spacial score (nSPS) is 16.8. The summed E-state index contributed by atoms with van der Waals surface area (Å²) in [6, 6.07) is 15.6. The predicted octanol–water partition coefficient (Wildman–Crippen LogP) is 4.70. The minimum absolute atomic E-state index is 0.0510. The van der Waals surface area contributed by atoms with Gasteiger partial charge in [0.1, 0.15) is 6.33 Å². The number of benzene rings is 2. The van der Waals surface area contributed by atoms with Gasteiger partial charge in [-0.05, 0) is 23.3 Å². The van der Waals surface area contributed by atoms with Gasteiger partial charge in [0.25, 0.3) is 0 Å². The van der Waals surface area contributed by atoms with Crippen molar-refractivity contribution >= 4 is 34.9 Å². The van der Waals surface area contributed by atoms with Crippen molar-refractivity contribution in [2.24, 2.45) is 4.99 Å². The third-order valence-corrected chi connectivity index (χ3v) is 4.46. The van der Waals surface area contributed by atoms with E-state index in [2.05, 4.69) is 15.1 Å². The van der Waals surface area contributed by atoms with Gasteiger partial charge in [0.15, 0.2) is 0 Å². The number of rotatable bonds is 2. The summed E-state index contributed by atoms with van der Waals surface area (Å²) in [7, 11) is 0. The Morgan fingerprint density at radius 3 is 2.65 bits per heavy atom. The minimum atomic E-state index is -0.0510. The first-order valence-electron chi connectivity index (χ1n) is 7.20. The average Bonchev–Trinajstić information content (AvgIpc) is 3.03. The van der Waals surface area contributed by atoms with E-state index >= 15 is 0 Å². The van der Waals surface area contributed by atoms with Gasteiger partial charge in [-0.15, -0.1) is 0 Å². The van der Waals surface area contributed by atoms with Crippen LogP contribution >= 0.6 is 23.2 Å². The lowest BCUT2D eigenvalue weighted by atomic mass is 9.96. The molecule has 23 heavy (non-hydrogen) atoms. The lowest BCUT2D eigenvalue weighted by Crippen LogP contribution is -2.21. The summed E-state index contributed by atoms with van der Waals surface area (Å²) in [4.78, 5) is 8.89. The van der Waals surface area contributed by atoms with Crippen molar-refractivity contribution in [3.8, 4) is 0 Å². The second-order valence-corrected chi connectivity index (χ2v) is 6.16. The first-order chi connectivity index (χ1) is 11.2. The molecular weight excluding hydrogens is 331 g/mol. The number of hydrogen-bond donors (Lipinski definition) is 0. The first kappa shape index (κ1) is 14.4. The van der Waals surface area contributed by atoms with Gasteiger partial charge in [0.05, 0.1) is 11.8 Å². The largest absolute Gasteiger partial charge is 0.248 e. The van der Waals surface area contributed by atoms with Crippen LogP contribution in [0.3, 0.4) is 0 Å². The number of aliphatic imine (C=N–C) groups is 1. The van der Waals surface area contributed by atoms with Gasteiger partial charge in [-0.25, -0.2) is 9.67 Å². The van der Waals surface area contributed by atoms with Crippen molar-refractivity contribution in [1.82, 2.24) is 14.8 Å².